The molecule has 1 heterocycles. The third-order valence-electron chi connectivity index (χ3n) is 4.11. The van der Waals surface area contributed by atoms with Crippen LogP contribution >= 0.6 is 31.9 Å². The Morgan fingerprint density at radius 2 is 1.71 bits per heavy atom. The molecule has 0 saturated carbocycles. The zero-order valence-electron chi connectivity index (χ0n) is 14.3. The minimum atomic E-state index is -0.498. The number of hydrogen-bond acceptors (Lipinski definition) is 4. The molecule has 0 aliphatic carbocycles. The molecule has 0 unspecified atom stereocenters. The lowest BCUT2D eigenvalue weighted by Gasteiger charge is -2.06. The van der Waals surface area contributed by atoms with Gasteiger partial charge in [-0.15, -0.1) is 0 Å². The highest BCUT2D eigenvalue weighted by Gasteiger charge is 2.28. The highest BCUT2D eigenvalue weighted by molar-refractivity contribution is 9.10. The third kappa shape index (κ3) is 3.79. The zero-order chi connectivity index (χ0) is 19.7. The SMILES string of the molecule is O=C(Oc1ccc2c(c1)OC(=Cc1ccc(Br)cc1)C2=O)c1ccccc1Br. The summed E-state index contributed by atoms with van der Waals surface area (Å²) in [4.78, 5) is 24.9. The second-order valence-corrected chi connectivity index (χ2v) is 7.79. The fourth-order valence-corrected chi connectivity index (χ4v) is 3.44. The van der Waals surface area contributed by atoms with E-state index in [1.807, 2.05) is 30.3 Å². The fourth-order valence-electron chi connectivity index (χ4n) is 2.73. The predicted molar refractivity (Wildman–Crippen MR) is 113 cm³/mol. The van der Waals surface area contributed by atoms with Crippen LogP contribution in [0.25, 0.3) is 6.08 Å². The number of ketones is 1. The first-order chi connectivity index (χ1) is 13.5. The van der Waals surface area contributed by atoms with Gasteiger partial charge in [0.2, 0.25) is 5.78 Å². The number of ether oxygens (including phenoxy) is 2. The van der Waals surface area contributed by atoms with Crippen LogP contribution in [0, 0.1) is 0 Å². The summed E-state index contributed by atoms with van der Waals surface area (Å²) in [6, 6.07) is 19.3. The van der Waals surface area contributed by atoms with Gasteiger partial charge in [0.25, 0.3) is 0 Å². The number of allylic oxidation sites excluding steroid dienone is 1. The molecule has 4 rings (SSSR count). The van der Waals surface area contributed by atoms with Gasteiger partial charge >= 0.3 is 5.97 Å². The second kappa shape index (κ2) is 7.73. The van der Waals surface area contributed by atoms with Crippen LogP contribution in [0.5, 0.6) is 11.5 Å². The molecule has 0 spiro atoms. The Balaban J connectivity index is 1.56. The number of rotatable bonds is 3. The lowest BCUT2D eigenvalue weighted by Crippen LogP contribution is -2.09. The minimum Gasteiger partial charge on any atom is -0.452 e. The molecule has 0 atom stereocenters. The molecule has 1 aliphatic rings. The summed E-state index contributed by atoms with van der Waals surface area (Å²) in [6.45, 7) is 0. The number of esters is 1. The van der Waals surface area contributed by atoms with E-state index in [1.54, 1.807) is 42.5 Å². The molecular formula is C22H12Br2O4. The van der Waals surface area contributed by atoms with Crippen molar-refractivity contribution in [2.75, 3.05) is 0 Å². The van der Waals surface area contributed by atoms with Gasteiger partial charge in [-0.2, -0.15) is 0 Å². The van der Waals surface area contributed by atoms with Crippen molar-refractivity contribution in [3.63, 3.8) is 0 Å². The van der Waals surface area contributed by atoms with E-state index in [9.17, 15) is 9.59 Å². The van der Waals surface area contributed by atoms with Crippen LogP contribution in [-0.2, 0) is 0 Å². The van der Waals surface area contributed by atoms with Crippen molar-refractivity contribution < 1.29 is 19.1 Å². The van der Waals surface area contributed by atoms with Crippen molar-refractivity contribution >= 4 is 49.7 Å². The van der Waals surface area contributed by atoms with Gasteiger partial charge in [-0.3, -0.25) is 4.79 Å². The summed E-state index contributed by atoms with van der Waals surface area (Å²) in [7, 11) is 0. The Kier molecular flexibility index (Phi) is 5.15. The van der Waals surface area contributed by atoms with Crippen molar-refractivity contribution in [2.24, 2.45) is 0 Å². The van der Waals surface area contributed by atoms with Crippen molar-refractivity contribution in [2.45, 2.75) is 0 Å². The van der Waals surface area contributed by atoms with Crippen molar-refractivity contribution in [3.8, 4) is 11.5 Å². The monoisotopic (exact) mass is 498 g/mol. The first kappa shape index (κ1) is 18.7. The third-order valence-corrected chi connectivity index (χ3v) is 5.33. The largest absolute Gasteiger partial charge is 0.452 e. The van der Waals surface area contributed by atoms with Gasteiger partial charge in [0.05, 0.1) is 11.1 Å². The zero-order valence-corrected chi connectivity index (χ0v) is 17.5. The Labute approximate surface area is 178 Å². The van der Waals surface area contributed by atoms with Gasteiger partial charge in [-0.25, -0.2) is 4.79 Å². The molecule has 3 aromatic rings. The lowest BCUT2D eigenvalue weighted by molar-refractivity contribution is 0.0733. The van der Waals surface area contributed by atoms with Gasteiger partial charge in [-0.05, 0) is 64.0 Å². The van der Waals surface area contributed by atoms with E-state index in [1.165, 1.54) is 0 Å². The van der Waals surface area contributed by atoms with Gasteiger partial charge < -0.3 is 9.47 Å². The minimum absolute atomic E-state index is 0.207. The number of hydrogen-bond donors (Lipinski definition) is 0. The van der Waals surface area contributed by atoms with Gasteiger partial charge in [-0.1, -0.05) is 40.2 Å². The number of carbonyl (C=O) groups excluding carboxylic acids is 2. The molecule has 0 fully saturated rings. The van der Waals surface area contributed by atoms with Crippen molar-refractivity contribution in [3.05, 3.63) is 98.1 Å². The van der Waals surface area contributed by atoms with E-state index in [0.29, 0.717) is 27.1 Å². The molecule has 6 heteroatoms. The standard InChI is InChI=1S/C22H12Br2O4/c23-14-7-5-13(6-8-14)11-20-21(25)17-10-9-15(12-19(17)28-20)27-22(26)16-3-1-2-4-18(16)24/h1-12H. The van der Waals surface area contributed by atoms with Crippen molar-refractivity contribution in [1.82, 2.24) is 0 Å². The Bertz CT molecular complexity index is 1120. The summed E-state index contributed by atoms with van der Waals surface area (Å²) in [5, 5.41) is 0. The Morgan fingerprint density at radius 1 is 0.964 bits per heavy atom. The quantitative estimate of drug-likeness (QED) is 0.250. The molecule has 0 bridgehead atoms. The molecule has 0 amide bonds. The average Bonchev–Trinajstić information content (AvgIpc) is 2.99. The molecule has 28 heavy (non-hydrogen) atoms. The summed E-state index contributed by atoms with van der Waals surface area (Å²) >= 11 is 6.71. The number of Topliss-reactive ketones (excluding diaryl/α,β-unsaturated/α-hetero) is 1. The molecule has 0 radical (unpaired) electrons. The maximum atomic E-state index is 12.6. The summed E-state index contributed by atoms with van der Waals surface area (Å²) in [6.07, 6.45) is 1.68. The first-order valence-electron chi connectivity index (χ1n) is 8.32. The molecule has 1 aliphatic heterocycles. The molecule has 0 aromatic heterocycles. The summed E-state index contributed by atoms with van der Waals surface area (Å²) < 4.78 is 12.7. The first-order valence-corrected chi connectivity index (χ1v) is 9.90. The topological polar surface area (TPSA) is 52.6 Å². The Hall–Kier alpha value is -2.70. The average molecular weight is 500 g/mol. The van der Waals surface area contributed by atoms with Crippen LogP contribution in [0.1, 0.15) is 26.3 Å². The molecule has 0 saturated heterocycles. The fraction of sp³-hybridized carbons (Fsp3) is 0. The molecule has 138 valence electrons. The van der Waals surface area contributed by atoms with Gasteiger partial charge in [0, 0.05) is 15.0 Å². The smallest absolute Gasteiger partial charge is 0.344 e. The van der Waals surface area contributed by atoms with E-state index >= 15 is 0 Å². The normalized spacial score (nSPS) is 13.9. The van der Waals surface area contributed by atoms with Crippen LogP contribution in [0.4, 0.5) is 0 Å². The van der Waals surface area contributed by atoms with E-state index in [0.717, 1.165) is 10.0 Å². The number of carbonyl (C=O) groups is 2. The lowest BCUT2D eigenvalue weighted by atomic mass is 10.1. The van der Waals surface area contributed by atoms with Gasteiger partial charge in [0.1, 0.15) is 11.5 Å². The van der Waals surface area contributed by atoms with E-state index < -0.39 is 5.97 Å². The van der Waals surface area contributed by atoms with Gasteiger partial charge in [0.15, 0.2) is 5.76 Å². The highest BCUT2D eigenvalue weighted by Crippen LogP contribution is 2.35. The summed E-state index contributed by atoms with van der Waals surface area (Å²) in [5.41, 5.74) is 1.69. The van der Waals surface area contributed by atoms with Crippen LogP contribution in [0.2, 0.25) is 0 Å². The molecule has 0 N–H and O–H groups in total. The molecular weight excluding hydrogens is 488 g/mol. The number of fused-ring (bicyclic) bond motifs is 1. The molecule has 3 aromatic carbocycles. The van der Waals surface area contributed by atoms with Crippen molar-refractivity contribution in [1.29, 1.82) is 0 Å². The van der Waals surface area contributed by atoms with E-state index in [4.69, 9.17) is 9.47 Å². The maximum absolute atomic E-state index is 12.6. The molecule has 4 nitrogen and oxygen atoms in total. The van der Waals surface area contributed by atoms with Crippen LogP contribution in [0.15, 0.2) is 81.4 Å². The Morgan fingerprint density at radius 3 is 2.46 bits per heavy atom. The van der Waals surface area contributed by atoms with E-state index in [2.05, 4.69) is 31.9 Å². The predicted octanol–water partition coefficient (Wildman–Crippen LogP) is 6.05. The second-order valence-electron chi connectivity index (χ2n) is 6.02. The number of halogens is 2. The maximum Gasteiger partial charge on any atom is 0.344 e. The number of benzene rings is 3. The van der Waals surface area contributed by atoms with Crippen LogP contribution in [-0.4, -0.2) is 11.8 Å². The van der Waals surface area contributed by atoms with Crippen LogP contribution in [0.3, 0.4) is 0 Å². The summed E-state index contributed by atoms with van der Waals surface area (Å²) in [5.74, 6) is 0.193. The van der Waals surface area contributed by atoms with E-state index in [-0.39, 0.29) is 11.5 Å². The highest BCUT2D eigenvalue weighted by atomic mass is 79.9. The van der Waals surface area contributed by atoms with Crippen LogP contribution < -0.4 is 9.47 Å².